The maximum atomic E-state index is 3.91. The molecule has 1 aromatic rings. The van der Waals surface area contributed by atoms with Crippen LogP contribution in [0.1, 0.15) is 6.92 Å². The molecule has 0 saturated heterocycles. The van der Waals surface area contributed by atoms with E-state index in [4.69, 9.17) is 0 Å². The molecule has 0 fully saturated rings. The van der Waals surface area contributed by atoms with Crippen molar-refractivity contribution in [3.05, 3.63) is 18.3 Å². The largest absolute Gasteiger partial charge is 0.367 e. The topological polar surface area (TPSA) is 37.8 Å². The average Bonchev–Trinajstić information content (AvgIpc) is 2.16. The Bertz CT molecular complexity index is 215. The number of rotatable bonds is 4. The van der Waals surface area contributed by atoms with Crippen LogP contribution in [0.3, 0.4) is 0 Å². The number of hydrogen-bond donors (Lipinski definition) is 1. The molecular weight excluding hydrogens is 170 g/mol. The third-order valence-electron chi connectivity index (χ3n) is 1.55. The molecule has 0 bridgehead atoms. The highest BCUT2D eigenvalue weighted by atomic mass is 32.2. The van der Waals surface area contributed by atoms with Gasteiger partial charge in [0, 0.05) is 18.0 Å². The van der Waals surface area contributed by atoms with Gasteiger partial charge in [0.1, 0.15) is 5.82 Å². The fourth-order valence-corrected chi connectivity index (χ4v) is 0.977. The Labute approximate surface area is 77.0 Å². The Morgan fingerprint density at radius 3 is 3.08 bits per heavy atom. The smallest absolute Gasteiger partial charge is 0.148 e. The Morgan fingerprint density at radius 2 is 2.50 bits per heavy atom. The molecule has 0 aliphatic heterocycles. The maximum Gasteiger partial charge on any atom is 0.148 e. The van der Waals surface area contributed by atoms with Crippen molar-refractivity contribution >= 4 is 17.6 Å². The van der Waals surface area contributed by atoms with Crippen molar-refractivity contribution in [3.63, 3.8) is 0 Å². The molecule has 1 atom stereocenters. The van der Waals surface area contributed by atoms with Gasteiger partial charge in [0.15, 0.2) is 0 Å². The standard InChI is InChI=1S/C8H13N3S/c1-7(12-2)6-9-8-4-3-5-10-11-8/h3-5,7H,6H2,1-2H3,(H,9,11). The van der Waals surface area contributed by atoms with Gasteiger partial charge < -0.3 is 5.32 Å². The zero-order valence-corrected chi connectivity index (χ0v) is 8.14. The first-order valence-corrected chi connectivity index (χ1v) is 5.16. The van der Waals surface area contributed by atoms with Gasteiger partial charge in [0.25, 0.3) is 0 Å². The Kier molecular flexibility index (Phi) is 3.87. The molecule has 0 aromatic carbocycles. The van der Waals surface area contributed by atoms with E-state index in [-0.39, 0.29) is 0 Å². The van der Waals surface area contributed by atoms with Crippen LogP contribution in [0.2, 0.25) is 0 Å². The number of anilines is 1. The van der Waals surface area contributed by atoms with Crippen LogP contribution in [0.5, 0.6) is 0 Å². The minimum Gasteiger partial charge on any atom is -0.367 e. The third-order valence-corrected chi connectivity index (χ3v) is 2.52. The summed E-state index contributed by atoms with van der Waals surface area (Å²) in [4.78, 5) is 0. The molecule has 66 valence electrons. The molecule has 1 unspecified atom stereocenters. The van der Waals surface area contributed by atoms with Crippen LogP contribution < -0.4 is 5.32 Å². The maximum absolute atomic E-state index is 3.91. The molecule has 1 rings (SSSR count). The summed E-state index contributed by atoms with van der Waals surface area (Å²) in [5.41, 5.74) is 0. The molecular formula is C8H13N3S. The second-order valence-corrected chi connectivity index (χ2v) is 3.81. The Morgan fingerprint density at radius 1 is 1.67 bits per heavy atom. The molecule has 0 aliphatic rings. The highest BCUT2D eigenvalue weighted by molar-refractivity contribution is 7.99. The van der Waals surface area contributed by atoms with E-state index in [1.807, 2.05) is 23.9 Å². The highest BCUT2D eigenvalue weighted by Gasteiger charge is 1.98. The average molecular weight is 183 g/mol. The van der Waals surface area contributed by atoms with Crippen molar-refractivity contribution in [2.24, 2.45) is 0 Å². The van der Waals surface area contributed by atoms with Crippen LogP contribution in [-0.2, 0) is 0 Å². The van der Waals surface area contributed by atoms with Crippen LogP contribution in [-0.4, -0.2) is 28.2 Å². The molecule has 1 heterocycles. The summed E-state index contributed by atoms with van der Waals surface area (Å²) in [7, 11) is 0. The molecule has 0 aliphatic carbocycles. The molecule has 12 heavy (non-hydrogen) atoms. The summed E-state index contributed by atoms with van der Waals surface area (Å²) < 4.78 is 0. The lowest BCUT2D eigenvalue weighted by Crippen LogP contribution is -2.13. The first-order chi connectivity index (χ1) is 5.83. The van der Waals surface area contributed by atoms with Gasteiger partial charge in [0.05, 0.1) is 0 Å². The quantitative estimate of drug-likeness (QED) is 0.770. The van der Waals surface area contributed by atoms with Crippen molar-refractivity contribution in [2.45, 2.75) is 12.2 Å². The summed E-state index contributed by atoms with van der Waals surface area (Å²) in [6.45, 7) is 3.11. The minimum atomic E-state index is 0.604. The fourth-order valence-electron chi connectivity index (χ4n) is 0.727. The van der Waals surface area contributed by atoms with E-state index in [1.165, 1.54) is 0 Å². The van der Waals surface area contributed by atoms with Crippen molar-refractivity contribution in [1.29, 1.82) is 0 Å². The second kappa shape index (κ2) is 4.98. The molecule has 0 spiro atoms. The van der Waals surface area contributed by atoms with E-state index >= 15 is 0 Å². The summed E-state index contributed by atoms with van der Waals surface area (Å²) in [5, 5.41) is 11.5. The molecule has 1 aromatic heterocycles. The van der Waals surface area contributed by atoms with Gasteiger partial charge in [-0.25, -0.2) is 0 Å². The summed E-state index contributed by atoms with van der Waals surface area (Å²) in [6, 6.07) is 3.79. The first-order valence-electron chi connectivity index (χ1n) is 3.87. The third kappa shape index (κ3) is 3.09. The van der Waals surface area contributed by atoms with Crippen molar-refractivity contribution in [1.82, 2.24) is 10.2 Å². The number of thioether (sulfide) groups is 1. The van der Waals surface area contributed by atoms with Gasteiger partial charge >= 0.3 is 0 Å². The number of nitrogens with zero attached hydrogens (tertiary/aromatic N) is 2. The predicted octanol–water partition coefficient (Wildman–Crippen LogP) is 1.64. The summed E-state index contributed by atoms with van der Waals surface area (Å²) in [6.07, 6.45) is 3.77. The molecule has 0 saturated carbocycles. The normalized spacial score (nSPS) is 12.5. The van der Waals surface area contributed by atoms with E-state index in [0.717, 1.165) is 12.4 Å². The SMILES string of the molecule is CSC(C)CNc1cccnn1. The first kappa shape index (κ1) is 9.32. The van der Waals surface area contributed by atoms with E-state index < -0.39 is 0 Å². The summed E-state index contributed by atoms with van der Waals surface area (Å²) in [5.74, 6) is 0.846. The lowest BCUT2D eigenvalue weighted by molar-refractivity contribution is 0.958. The molecule has 1 N–H and O–H groups in total. The number of nitrogens with one attached hydrogen (secondary N) is 1. The zero-order chi connectivity index (χ0) is 8.81. The minimum absolute atomic E-state index is 0.604. The van der Waals surface area contributed by atoms with Crippen molar-refractivity contribution < 1.29 is 0 Å². The highest BCUT2D eigenvalue weighted by Crippen LogP contribution is 2.06. The van der Waals surface area contributed by atoms with Gasteiger partial charge in [-0.15, -0.1) is 5.10 Å². The molecule has 3 nitrogen and oxygen atoms in total. The second-order valence-electron chi connectivity index (χ2n) is 2.54. The zero-order valence-electron chi connectivity index (χ0n) is 7.32. The van der Waals surface area contributed by atoms with Gasteiger partial charge in [-0.3, -0.25) is 0 Å². The number of hydrogen-bond acceptors (Lipinski definition) is 4. The lowest BCUT2D eigenvalue weighted by Gasteiger charge is -2.08. The van der Waals surface area contributed by atoms with Crippen LogP contribution >= 0.6 is 11.8 Å². The van der Waals surface area contributed by atoms with E-state index in [2.05, 4.69) is 28.7 Å². The monoisotopic (exact) mass is 183 g/mol. The van der Waals surface area contributed by atoms with Crippen LogP contribution in [0.25, 0.3) is 0 Å². The van der Waals surface area contributed by atoms with Crippen LogP contribution in [0.4, 0.5) is 5.82 Å². The predicted molar refractivity (Wildman–Crippen MR) is 53.5 cm³/mol. The van der Waals surface area contributed by atoms with Crippen molar-refractivity contribution in [3.8, 4) is 0 Å². The molecule has 0 radical (unpaired) electrons. The Hall–Kier alpha value is -0.770. The Balaban J connectivity index is 2.33. The van der Waals surface area contributed by atoms with Gasteiger partial charge in [-0.1, -0.05) is 6.92 Å². The van der Waals surface area contributed by atoms with Crippen LogP contribution in [0.15, 0.2) is 18.3 Å². The van der Waals surface area contributed by atoms with Gasteiger partial charge in [-0.2, -0.15) is 16.9 Å². The van der Waals surface area contributed by atoms with Gasteiger partial charge in [0.2, 0.25) is 0 Å². The van der Waals surface area contributed by atoms with Crippen LogP contribution in [0, 0.1) is 0 Å². The van der Waals surface area contributed by atoms with E-state index in [9.17, 15) is 0 Å². The molecule has 4 heteroatoms. The van der Waals surface area contributed by atoms with Gasteiger partial charge in [-0.05, 0) is 18.4 Å². The molecule has 0 amide bonds. The van der Waals surface area contributed by atoms with Crippen molar-refractivity contribution in [2.75, 3.05) is 18.1 Å². The lowest BCUT2D eigenvalue weighted by atomic mass is 10.4. The summed E-state index contributed by atoms with van der Waals surface area (Å²) >= 11 is 1.83. The van der Waals surface area contributed by atoms with E-state index in [0.29, 0.717) is 5.25 Å². The fraction of sp³-hybridized carbons (Fsp3) is 0.500. The van der Waals surface area contributed by atoms with E-state index in [1.54, 1.807) is 6.20 Å². The number of aromatic nitrogens is 2.